The van der Waals surface area contributed by atoms with E-state index in [0.29, 0.717) is 0 Å². The third kappa shape index (κ3) is 3.03. The first kappa shape index (κ1) is 12.9. The number of ether oxygens (including phenoxy) is 1. The Hall–Kier alpha value is -1.51. The van der Waals surface area contributed by atoms with Crippen molar-refractivity contribution in [2.45, 2.75) is 6.04 Å². The van der Waals surface area contributed by atoms with Gasteiger partial charge in [-0.3, -0.25) is 0 Å². The lowest BCUT2D eigenvalue weighted by molar-refractivity contribution is 0.415. The molecule has 0 radical (unpaired) electrons. The number of halogens is 1. The van der Waals surface area contributed by atoms with Gasteiger partial charge in [0.15, 0.2) is 0 Å². The van der Waals surface area contributed by atoms with Gasteiger partial charge >= 0.3 is 0 Å². The van der Waals surface area contributed by atoms with Crippen molar-refractivity contribution in [3.05, 3.63) is 45.1 Å². The van der Waals surface area contributed by atoms with Crippen molar-refractivity contribution in [2.24, 2.45) is 0 Å². The first-order valence-electron chi connectivity index (χ1n) is 5.27. The third-order valence-corrected chi connectivity index (χ3v) is 3.97. The Bertz CT molecular complexity index is 559. The van der Waals surface area contributed by atoms with E-state index in [4.69, 9.17) is 4.74 Å². The molecule has 1 aromatic heterocycles. The quantitative estimate of drug-likeness (QED) is 0.917. The van der Waals surface area contributed by atoms with Crippen LogP contribution >= 0.6 is 27.3 Å². The number of thiophene rings is 1. The van der Waals surface area contributed by atoms with Gasteiger partial charge in [0, 0.05) is 11.3 Å². The van der Waals surface area contributed by atoms with E-state index in [-0.39, 0.29) is 6.04 Å². The Morgan fingerprint density at radius 1 is 1.39 bits per heavy atom. The standard InChI is InChI=1S/C13H11BrN2OS/c1-17-11-4-2-10(3-5-11)16-12(7-15)9-6-13(14)18-8-9/h2-6,8,12,16H,1H3. The molecule has 2 rings (SSSR count). The Labute approximate surface area is 118 Å². The number of nitrogens with zero attached hydrogens (tertiary/aromatic N) is 1. The second-order valence-electron chi connectivity index (χ2n) is 3.62. The molecule has 1 aromatic carbocycles. The first-order valence-corrected chi connectivity index (χ1v) is 6.94. The predicted octanol–water partition coefficient (Wildman–Crippen LogP) is 4.20. The van der Waals surface area contributed by atoms with Crippen molar-refractivity contribution in [3.63, 3.8) is 0 Å². The summed E-state index contributed by atoms with van der Waals surface area (Å²) in [7, 11) is 1.63. The molecular weight excluding hydrogens is 312 g/mol. The summed E-state index contributed by atoms with van der Waals surface area (Å²) in [6.45, 7) is 0. The van der Waals surface area contributed by atoms with Gasteiger partial charge in [0.2, 0.25) is 0 Å². The molecule has 0 fully saturated rings. The fourth-order valence-electron chi connectivity index (χ4n) is 1.52. The highest BCUT2D eigenvalue weighted by Crippen LogP contribution is 2.27. The van der Waals surface area contributed by atoms with Gasteiger partial charge in [-0.1, -0.05) is 0 Å². The Morgan fingerprint density at radius 2 is 2.11 bits per heavy atom. The van der Waals surface area contributed by atoms with E-state index in [9.17, 15) is 5.26 Å². The van der Waals surface area contributed by atoms with Gasteiger partial charge in [-0.2, -0.15) is 5.26 Å². The fourth-order valence-corrected chi connectivity index (χ4v) is 2.72. The van der Waals surface area contributed by atoms with Crippen LogP contribution in [0.2, 0.25) is 0 Å². The van der Waals surface area contributed by atoms with Gasteiger partial charge in [0.25, 0.3) is 0 Å². The van der Waals surface area contributed by atoms with E-state index in [1.165, 1.54) is 0 Å². The minimum Gasteiger partial charge on any atom is -0.497 e. The largest absolute Gasteiger partial charge is 0.497 e. The van der Waals surface area contributed by atoms with Gasteiger partial charge in [-0.05, 0) is 51.6 Å². The molecule has 3 nitrogen and oxygen atoms in total. The molecule has 1 atom stereocenters. The summed E-state index contributed by atoms with van der Waals surface area (Å²) in [5.41, 5.74) is 1.86. The van der Waals surface area contributed by atoms with Gasteiger partial charge in [-0.25, -0.2) is 0 Å². The summed E-state index contributed by atoms with van der Waals surface area (Å²) in [6.07, 6.45) is 0. The van der Waals surface area contributed by atoms with Crippen LogP contribution in [0.1, 0.15) is 11.6 Å². The zero-order chi connectivity index (χ0) is 13.0. The first-order chi connectivity index (χ1) is 8.72. The smallest absolute Gasteiger partial charge is 0.141 e. The molecule has 1 unspecified atom stereocenters. The summed E-state index contributed by atoms with van der Waals surface area (Å²) in [5.74, 6) is 0.798. The van der Waals surface area contributed by atoms with E-state index >= 15 is 0 Å². The molecule has 0 aliphatic carbocycles. The summed E-state index contributed by atoms with van der Waals surface area (Å²) >= 11 is 4.97. The van der Waals surface area contributed by atoms with E-state index in [0.717, 1.165) is 20.8 Å². The molecule has 0 amide bonds. The van der Waals surface area contributed by atoms with Crippen molar-refractivity contribution in [1.29, 1.82) is 5.26 Å². The molecule has 1 N–H and O–H groups in total. The Kier molecular flexibility index (Phi) is 4.24. The van der Waals surface area contributed by atoms with Gasteiger partial charge in [0.05, 0.1) is 17.0 Å². The minimum atomic E-state index is -0.346. The van der Waals surface area contributed by atoms with Crippen molar-refractivity contribution in [1.82, 2.24) is 0 Å². The normalized spacial score (nSPS) is 11.6. The van der Waals surface area contributed by atoms with E-state index < -0.39 is 0 Å². The van der Waals surface area contributed by atoms with E-state index in [1.807, 2.05) is 35.7 Å². The zero-order valence-electron chi connectivity index (χ0n) is 9.68. The van der Waals surface area contributed by atoms with Crippen LogP contribution in [-0.2, 0) is 0 Å². The number of hydrogen-bond donors (Lipinski definition) is 1. The summed E-state index contributed by atoms with van der Waals surface area (Å²) in [4.78, 5) is 0. The number of hydrogen-bond acceptors (Lipinski definition) is 4. The molecule has 0 aliphatic heterocycles. The highest BCUT2D eigenvalue weighted by molar-refractivity contribution is 9.11. The maximum Gasteiger partial charge on any atom is 0.141 e. The van der Waals surface area contributed by atoms with Crippen LogP contribution in [0.3, 0.4) is 0 Å². The number of methoxy groups -OCH3 is 1. The molecule has 0 saturated carbocycles. The second-order valence-corrected chi connectivity index (χ2v) is 5.91. The van der Waals surface area contributed by atoms with E-state index in [2.05, 4.69) is 27.3 Å². The molecule has 0 spiro atoms. The van der Waals surface area contributed by atoms with Gasteiger partial charge in [-0.15, -0.1) is 11.3 Å². The average Bonchev–Trinajstić information content (AvgIpc) is 2.83. The van der Waals surface area contributed by atoms with Crippen LogP contribution in [0, 0.1) is 11.3 Å². The van der Waals surface area contributed by atoms with Crippen LogP contribution in [0.5, 0.6) is 5.75 Å². The van der Waals surface area contributed by atoms with Crippen molar-refractivity contribution in [2.75, 3.05) is 12.4 Å². The number of rotatable bonds is 4. The molecule has 0 bridgehead atoms. The topological polar surface area (TPSA) is 45.0 Å². The second kappa shape index (κ2) is 5.89. The van der Waals surface area contributed by atoms with Crippen LogP contribution < -0.4 is 10.1 Å². The molecule has 92 valence electrons. The minimum absolute atomic E-state index is 0.346. The summed E-state index contributed by atoms with van der Waals surface area (Å²) < 4.78 is 6.11. The monoisotopic (exact) mass is 322 g/mol. The van der Waals surface area contributed by atoms with Crippen LogP contribution in [0.4, 0.5) is 5.69 Å². The molecule has 1 heterocycles. The maximum absolute atomic E-state index is 9.20. The summed E-state index contributed by atoms with van der Waals surface area (Å²) in [5, 5.41) is 14.3. The van der Waals surface area contributed by atoms with Crippen LogP contribution in [-0.4, -0.2) is 7.11 Å². The maximum atomic E-state index is 9.20. The molecule has 0 saturated heterocycles. The highest BCUT2D eigenvalue weighted by Gasteiger charge is 2.11. The lowest BCUT2D eigenvalue weighted by Gasteiger charge is -2.11. The predicted molar refractivity (Wildman–Crippen MR) is 77.0 cm³/mol. The highest BCUT2D eigenvalue weighted by atomic mass is 79.9. The van der Waals surface area contributed by atoms with E-state index in [1.54, 1.807) is 18.4 Å². The average molecular weight is 323 g/mol. The number of anilines is 1. The van der Waals surface area contributed by atoms with Gasteiger partial charge in [0.1, 0.15) is 11.8 Å². The fraction of sp³-hybridized carbons (Fsp3) is 0.154. The zero-order valence-corrected chi connectivity index (χ0v) is 12.1. The van der Waals surface area contributed by atoms with Crippen LogP contribution in [0.25, 0.3) is 0 Å². The number of benzene rings is 1. The lowest BCUT2D eigenvalue weighted by Crippen LogP contribution is -2.07. The lowest BCUT2D eigenvalue weighted by atomic mass is 10.1. The summed E-state index contributed by atoms with van der Waals surface area (Å²) in [6, 6.07) is 11.4. The molecular formula is C13H11BrN2OS. The number of nitrogens with one attached hydrogen (secondary N) is 1. The molecule has 5 heteroatoms. The molecule has 0 aliphatic rings. The Balaban J connectivity index is 2.13. The molecule has 2 aromatic rings. The SMILES string of the molecule is COc1ccc(NC(C#N)c2csc(Br)c2)cc1. The van der Waals surface area contributed by atoms with Crippen LogP contribution in [0.15, 0.2) is 39.5 Å². The van der Waals surface area contributed by atoms with Crippen molar-refractivity contribution >= 4 is 33.0 Å². The van der Waals surface area contributed by atoms with Crippen molar-refractivity contribution < 1.29 is 4.74 Å². The van der Waals surface area contributed by atoms with Crippen molar-refractivity contribution in [3.8, 4) is 11.8 Å². The Morgan fingerprint density at radius 3 is 2.61 bits per heavy atom. The van der Waals surface area contributed by atoms with Gasteiger partial charge < -0.3 is 10.1 Å². The molecule has 18 heavy (non-hydrogen) atoms. The number of nitriles is 1. The third-order valence-electron chi connectivity index (χ3n) is 2.45.